The summed E-state index contributed by atoms with van der Waals surface area (Å²) in [5.74, 6) is -0.675. The van der Waals surface area contributed by atoms with Gasteiger partial charge in [-0.25, -0.2) is 14.6 Å². The molecule has 1 aliphatic carbocycles. The number of aryl methyl sites for hydroxylation is 1. The van der Waals surface area contributed by atoms with Crippen LogP contribution in [0.15, 0.2) is 77.8 Å². The first-order chi connectivity index (χ1) is 18.8. The molecule has 0 aromatic heterocycles. The van der Waals surface area contributed by atoms with Crippen LogP contribution >= 0.6 is 0 Å². The number of nitrogens with zero attached hydrogens (tertiary/aromatic N) is 2. The highest BCUT2D eigenvalue weighted by Gasteiger charge is 2.47. The number of rotatable bonds is 3. The van der Waals surface area contributed by atoms with Crippen LogP contribution in [0.4, 0.5) is 21.0 Å². The van der Waals surface area contributed by atoms with Gasteiger partial charge in [0.15, 0.2) is 0 Å². The molecule has 3 aromatic carbocycles. The minimum atomic E-state index is -1.14. The number of carbonyl (C=O) groups is 4. The molecule has 2 aliphatic heterocycles. The third kappa shape index (κ3) is 4.39. The molecule has 196 valence electrons. The van der Waals surface area contributed by atoms with Crippen molar-refractivity contribution in [2.75, 3.05) is 17.3 Å². The van der Waals surface area contributed by atoms with Crippen LogP contribution in [0, 0.1) is 0 Å². The smallest absolute Gasteiger partial charge is 0.322 e. The van der Waals surface area contributed by atoms with E-state index in [1.807, 2.05) is 66.7 Å². The molecule has 1 fully saturated rings. The van der Waals surface area contributed by atoms with Gasteiger partial charge < -0.3 is 20.9 Å². The van der Waals surface area contributed by atoms with E-state index in [1.54, 1.807) is 13.1 Å². The predicted molar refractivity (Wildman–Crippen MR) is 146 cm³/mol. The number of aliphatic imine (C=N–C) groups is 1. The number of carbonyl (C=O) groups excluding carboxylic acids is 4. The zero-order valence-corrected chi connectivity index (χ0v) is 21.2. The maximum atomic E-state index is 13.4. The molecule has 39 heavy (non-hydrogen) atoms. The summed E-state index contributed by atoms with van der Waals surface area (Å²) in [5.41, 5.74) is 4.48. The molecule has 3 aliphatic rings. The monoisotopic (exact) mass is 522 g/mol. The molecule has 0 radical (unpaired) electrons. The van der Waals surface area contributed by atoms with E-state index in [2.05, 4.69) is 21.3 Å². The second-order valence-electron chi connectivity index (χ2n) is 9.91. The number of benzene rings is 3. The fourth-order valence-corrected chi connectivity index (χ4v) is 5.43. The van der Waals surface area contributed by atoms with E-state index in [0.717, 1.165) is 22.3 Å². The molecule has 6 rings (SSSR count). The van der Waals surface area contributed by atoms with Gasteiger partial charge in [-0.3, -0.25) is 14.9 Å². The van der Waals surface area contributed by atoms with Crippen molar-refractivity contribution in [1.29, 1.82) is 0 Å². The first-order valence-electron chi connectivity index (χ1n) is 12.7. The second-order valence-corrected chi connectivity index (χ2v) is 9.91. The van der Waals surface area contributed by atoms with E-state index < -0.39 is 23.8 Å². The number of urea groups is 2. The quantitative estimate of drug-likeness (QED) is 0.394. The van der Waals surface area contributed by atoms with Crippen molar-refractivity contribution < 1.29 is 19.2 Å². The minimum Gasteiger partial charge on any atom is -0.323 e. The molecule has 10 heteroatoms. The Bertz CT molecular complexity index is 1550. The highest BCUT2D eigenvalue weighted by molar-refractivity contribution is 6.20. The zero-order valence-electron chi connectivity index (χ0n) is 21.2. The normalized spacial score (nSPS) is 21.8. The summed E-state index contributed by atoms with van der Waals surface area (Å²) in [6, 6.07) is 21.4. The summed E-state index contributed by atoms with van der Waals surface area (Å²) in [5, 5.41) is 10.6. The summed E-state index contributed by atoms with van der Waals surface area (Å²) in [6.07, 6.45) is 0.273. The lowest BCUT2D eigenvalue weighted by molar-refractivity contribution is -0.124. The number of hydrogen-bond acceptors (Lipinski definition) is 5. The first-order valence-corrected chi connectivity index (χ1v) is 12.7. The van der Waals surface area contributed by atoms with Crippen LogP contribution in [0.2, 0.25) is 0 Å². The molecule has 1 spiro atoms. The molecule has 2 heterocycles. The Morgan fingerprint density at radius 2 is 1.77 bits per heavy atom. The number of anilines is 2. The Kier molecular flexibility index (Phi) is 5.86. The van der Waals surface area contributed by atoms with Crippen LogP contribution in [0.5, 0.6) is 0 Å². The Balaban J connectivity index is 1.22. The van der Waals surface area contributed by atoms with Crippen LogP contribution < -0.4 is 26.2 Å². The number of likely N-dealkylation sites (N-methyl/N-ethyl adjacent to an activating group) is 1. The van der Waals surface area contributed by atoms with E-state index in [-0.39, 0.29) is 11.8 Å². The molecule has 2 atom stereocenters. The van der Waals surface area contributed by atoms with Crippen molar-refractivity contribution in [2.24, 2.45) is 4.99 Å². The largest absolute Gasteiger partial charge is 0.323 e. The maximum Gasteiger partial charge on any atom is 0.322 e. The van der Waals surface area contributed by atoms with Gasteiger partial charge in [-0.1, -0.05) is 54.6 Å². The standard InChI is InChI=1S/C29H26N6O4/c1-35-22-10-6-5-9-21(22)23(17-7-3-2-4-8-17)31-24(25(35)36)32-27(38)30-20-12-11-19-16-29(14-13-18(19)15-20)26(37)33-28(39)34-29/h2-12,15,24H,13-14,16H2,1H3,(H2,30,32,38)(H2,33,34,37,39)/t24-,29?/m0/s1. The van der Waals surface area contributed by atoms with Gasteiger partial charge in [0.1, 0.15) is 5.54 Å². The van der Waals surface area contributed by atoms with Crippen LogP contribution in [0.25, 0.3) is 0 Å². The summed E-state index contributed by atoms with van der Waals surface area (Å²) >= 11 is 0. The number of hydrogen-bond donors (Lipinski definition) is 4. The Labute approximate surface area is 224 Å². The molecule has 0 saturated carbocycles. The lowest BCUT2D eigenvalue weighted by Gasteiger charge is -2.32. The molecule has 1 unspecified atom stereocenters. The minimum absolute atomic E-state index is 0.310. The molecule has 6 amide bonds. The molecule has 0 bridgehead atoms. The van der Waals surface area contributed by atoms with Crippen molar-refractivity contribution in [3.63, 3.8) is 0 Å². The molecule has 10 nitrogen and oxygen atoms in total. The Morgan fingerprint density at radius 3 is 2.54 bits per heavy atom. The third-order valence-electron chi connectivity index (χ3n) is 7.45. The Hall–Kier alpha value is -4.99. The van der Waals surface area contributed by atoms with Gasteiger partial charge in [0, 0.05) is 30.3 Å². The van der Waals surface area contributed by atoms with Gasteiger partial charge in [-0.15, -0.1) is 0 Å². The summed E-state index contributed by atoms with van der Waals surface area (Å²) in [7, 11) is 1.67. The Morgan fingerprint density at radius 1 is 1.00 bits per heavy atom. The topological polar surface area (TPSA) is 132 Å². The van der Waals surface area contributed by atoms with E-state index in [4.69, 9.17) is 4.99 Å². The molecule has 1 saturated heterocycles. The molecule has 4 N–H and O–H groups in total. The first kappa shape index (κ1) is 24.4. The van der Waals surface area contributed by atoms with E-state index in [0.29, 0.717) is 36.3 Å². The van der Waals surface area contributed by atoms with Crippen molar-refractivity contribution in [3.05, 3.63) is 95.1 Å². The number of benzodiazepines with no additional fused rings is 1. The molecular weight excluding hydrogens is 496 g/mol. The van der Waals surface area contributed by atoms with Crippen LogP contribution in [0.1, 0.15) is 28.7 Å². The highest BCUT2D eigenvalue weighted by atomic mass is 16.2. The summed E-state index contributed by atoms with van der Waals surface area (Å²) in [4.78, 5) is 56.6. The second kappa shape index (κ2) is 9.39. The highest BCUT2D eigenvalue weighted by Crippen LogP contribution is 2.32. The van der Waals surface area contributed by atoms with E-state index in [9.17, 15) is 19.2 Å². The summed E-state index contributed by atoms with van der Waals surface area (Å²) < 4.78 is 0. The zero-order chi connectivity index (χ0) is 27.1. The average Bonchev–Trinajstić information content (AvgIpc) is 3.16. The van der Waals surface area contributed by atoms with Gasteiger partial charge in [0.25, 0.3) is 11.8 Å². The van der Waals surface area contributed by atoms with Gasteiger partial charge in [-0.2, -0.15) is 0 Å². The predicted octanol–water partition coefficient (Wildman–Crippen LogP) is 2.72. The van der Waals surface area contributed by atoms with Crippen molar-refractivity contribution >= 4 is 41.0 Å². The van der Waals surface area contributed by atoms with E-state index in [1.165, 1.54) is 4.90 Å². The SMILES string of the molecule is CN1C(=O)[C@H](NC(=O)Nc2ccc3c(c2)CCC2(C3)NC(=O)NC2=O)N=C(c2ccccc2)c2ccccc21. The molecular formula is C29H26N6O4. The third-order valence-corrected chi connectivity index (χ3v) is 7.45. The number of para-hydroxylation sites is 1. The maximum absolute atomic E-state index is 13.4. The lowest BCUT2D eigenvalue weighted by Crippen LogP contribution is -2.51. The number of nitrogens with one attached hydrogen (secondary N) is 4. The summed E-state index contributed by atoms with van der Waals surface area (Å²) in [6.45, 7) is 0. The van der Waals surface area contributed by atoms with Crippen LogP contribution in [-0.4, -0.2) is 48.3 Å². The van der Waals surface area contributed by atoms with Crippen molar-refractivity contribution in [1.82, 2.24) is 16.0 Å². The fourth-order valence-electron chi connectivity index (χ4n) is 5.43. The number of fused-ring (bicyclic) bond motifs is 2. The number of imide groups is 1. The van der Waals surface area contributed by atoms with Crippen molar-refractivity contribution in [2.45, 2.75) is 31.0 Å². The van der Waals surface area contributed by atoms with Crippen LogP contribution in [0.3, 0.4) is 0 Å². The van der Waals surface area contributed by atoms with E-state index >= 15 is 0 Å². The molecule has 3 aromatic rings. The fraction of sp³-hybridized carbons (Fsp3) is 0.207. The van der Waals surface area contributed by atoms with Gasteiger partial charge >= 0.3 is 12.1 Å². The number of amides is 6. The van der Waals surface area contributed by atoms with Gasteiger partial charge in [0.05, 0.1) is 11.4 Å². The van der Waals surface area contributed by atoms with Crippen molar-refractivity contribution in [3.8, 4) is 0 Å². The van der Waals surface area contributed by atoms with Gasteiger partial charge in [0.2, 0.25) is 6.17 Å². The van der Waals surface area contributed by atoms with Gasteiger partial charge in [-0.05, 0) is 42.2 Å². The average molecular weight is 523 g/mol. The van der Waals surface area contributed by atoms with Crippen LogP contribution in [-0.2, 0) is 22.4 Å². The lowest BCUT2D eigenvalue weighted by atomic mass is 9.78.